The van der Waals surface area contributed by atoms with Crippen LogP contribution >= 0.6 is 0 Å². The highest BCUT2D eigenvalue weighted by Crippen LogP contribution is 2.39. The first kappa shape index (κ1) is 14.1. The van der Waals surface area contributed by atoms with Crippen molar-refractivity contribution >= 4 is 12.0 Å². The van der Waals surface area contributed by atoms with Gasteiger partial charge in [-0.1, -0.05) is 66.7 Å². The zero-order chi connectivity index (χ0) is 15.4. The second-order valence-corrected chi connectivity index (χ2v) is 5.05. The highest BCUT2D eigenvalue weighted by molar-refractivity contribution is 5.99. The van der Waals surface area contributed by atoms with E-state index in [1.807, 2.05) is 55.6 Å². The van der Waals surface area contributed by atoms with E-state index in [1.54, 1.807) is 0 Å². The number of aldehydes is 1. The second kappa shape index (κ2) is 6.27. The maximum atomic E-state index is 11.4. The minimum Gasteiger partial charge on any atom is -0.387 e. The summed E-state index contributed by atoms with van der Waals surface area (Å²) in [4.78, 5) is 11.4. The van der Waals surface area contributed by atoms with E-state index in [-0.39, 0.29) is 0 Å². The summed E-state index contributed by atoms with van der Waals surface area (Å²) < 4.78 is 0. The highest BCUT2D eigenvalue weighted by atomic mass is 16.1. The molecule has 0 bridgehead atoms. The lowest BCUT2D eigenvalue weighted by Gasteiger charge is -2.17. The summed E-state index contributed by atoms with van der Waals surface area (Å²) in [6, 6.07) is 24.3. The lowest BCUT2D eigenvalue weighted by atomic mass is 9.91. The van der Waals surface area contributed by atoms with Gasteiger partial charge in [-0.15, -0.1) is 0 Å². The summed E-state index contributed by atoms with van der Waals surface area (Å²) in [7, 11) is 1.85. The molecule has 0 aliphatic rings. The van der Waals surface area contributed by atoms with Crippen LogP contribution in [-0.4, -0.2) is 13.3 Å². The van der Waals surface area contributed by atoms with Crippen molar-refractivity contribution in [2.24, 2.45) is 0 Å². The Hall–Kier alpha value is -2.87. The molecule has 2 heteroatoms. The van der Waals surface area contributed by atoms with Crippen LogP contribution in [0.4, 0.5) is 5.69 Å². The zero-order valence-electron chi connectivity index (χ0n) is 12.4. The fourth-order valence-corrected chi connectivity index (χ4v) is 2.75. The lowest BCUT2D eigenvalue weighted by Crippen LogP contribution is -1.99. The Morgan fingerprint density at radius 2 is 1.36 bits per heavy atom. The third-order valence-electron chi connectivity index (χ3n) is 3.76. The monoisotopic (exact) mass is 287 g/mol. The number of benzene rings is 3. The van der Waals surface area contributed by atoms with E-state index in [2.05, 4.69) is 29.6 Å². The summed E-state index contributed by atoms with van der Waals surface area (Å²) in [5.41, 5.74) is 5.92. The molecular formula is C20H17NO. The Balaban J connectivity index is 2.34. The van der Waals surface area contributed by atoms with Gasteiger partial charge < -0.3 is 5.32 Å². The van der Waals surface area contributed by atoms with E-state index in [1.165, 1.54) is 0 Å². The van der Waals surface area contributed by atoms with E-state index < -0.39 is 0 Å². The number of nitrogens with one attached hydrogen (secondary N) is 1. The standard InChI is InChI=1S/C20H17NO/c1-21-20-17(14-22)12-13-18(15-8-4-2-5-9-15)19(20)16-10-6-3-7-11-16/h2-14,21H,1H3. The van der Waals surface area contributed by atoms with Gasteiger partial charge in [-0.05, 0) is 22.8 Å². The van der Waals surface area contributed by atoms with Crippen molar-refractivity contribution in [1.82, 2.24) is 0 Å². The molecule has 3 aromatic rings. The summed E-state index contributed by atoms with van der Waals surface area (Å²) in [5.74, 6) is 0. The van der Waals surface area contributed by atoms with E-state index in [9.17, 15) is 4.79 Å². The smallest absolute Gasteiger partial charge is 0.152 e. The van der Waals surface area contributed by atoms with E-state index in [0.717, 1.165) is 34.2 Å². The van der Waals surface area contributed by atoms with Gasteiger partial charge in [-0.3, -0.25) is 4.79 Å². The van der Waals surface area contributed by atoms with Crippen molar-refractivity contribution < 1.29 is 4.79 Å². The van der Waals surface area contributed by atoms with Crippen LogP contribution in [0.3, 0.4) is 0 Å². The molecule has 0 unspecified atom stereocenters. The van der Waals surface area contributed by atoms with Gasteiger partial charge in [-0.25, -0.2) is 0 Å². The average molecular weight is 287 g/mol. The summed E-state index contributed by atoms with van der Waals surface area (Å²) in [6.45, 7) is 0. The van der Waals surface area contributed by atoms with E-state index >= 15 is 0 Å². The topological polar surface area (TPSA) is 29.1 Å². The van der Waals surface area contributed by atoms with Crippen molar-refractivity contribution in [3.8, 4) is 22.3 Å². The van der Waals surface area contributed by atoms with Gasteiger partial charge in [-0.2, -0.15) is 0 Å². The van der Waals surface area contributed by atoms with Crippen molar-refractivity contribution in [2.75, 3.05) is 12.4 Å². The minimum absolute atomic E-state index is 0.668. The SMILES string of the molecule is CNc1c(C=O)ccc(-c2ccccc2)c1-c1ccccc1. The molecule has 0 spiro atoms. The van der Waals surface area contributed by atoms with Crippen molar-refractivity contribution in [1.29, 1.82) is 0 Å². The number of hydrogen-bond donors (Lipinski definition) is 1. The number of carbonyl (C=O) groups is 1. The molecule has 0 saturated heterocycles. The molecule has 0 radical (unpaired) electrons. The van der Waals surface area contributed by atoms with Gasteiger partial charge in [0.1, 0.15) is 0 Å². The Morgan fingerprint density at radius 3 is 1.91 bits per heavy atom. The molecule has 108 valence electrons. The summed E-state index contributed by atoms with van der Waals surface area (Å²) in [6.07, 6.45) is 0.896. The zero-order valence-corrected chi connectivity index (χ0v) is 12.4. The molecule has 0 fully saturated rings. The minimum atomic E-state index is 0.668. The predicted octanol–water partition coefficient (Wildman–Crippen LogP) is 4.87. The van der Waals surface area contributed by atoms with Gasteiger partial charge in [0.15, 0.2) is 6.29 Å². The number of hydrogen-bond acceptors (Lipinski definition) is 2. The maximum absolute atomic E-state index is 11.4. The predicted molar refractivity (Wildman–Crippen MR) is 92.2 cm³/mol. The largest absolute Gasteiger partial charge is 0.387 e. The Labute approximate surface area is 130 Å². The van der Waals surface area contributed by atoms with Crippen LogP contribution in [0.15, 0.2) is 72.8 Å². The maximum Gasteiger partial charge on any atom is 0.152 e. The van der Waals surface area contributed by atoms with Crippen LogP contribution in [0.2, 0.25) is 0 Å². The van der Waals surface area contributed by atoms with Crippen LogP contribution in [0.1, 0.15) is 10.4 Å². The molecule has 0 aliphatic heterocycles. The van der Waals surface area contributed by atoms with Crippen LogP contribution in [-0.2, 0) is 0 Å². The first-order valence-electron chi connectivity index (χ1n) is 7.26. The Morgan fingerprint density at radius 1 is 0.773 bits per heavy atom. The van der Waals surface area contributed by atoms with E-state index in [0.29, 0.717) is 5.56 Å². The first-order valence-corrected chi connectivity index (χ1v) is 7.26. The van der Waals surface area contributed by atoms with Gasteiger partial charge >= 0.3 is 0 Å². The lowest BCUT2D eigenvalue weighted by molar-refractivity contribution is 0.112. The fourth-order valence-electron chi connectivity index (χ4n) is 2.75. The molecular weight excluding hydrogens is 270 g/mol. The first-order chi connectivity index (χ1) is 10.8. The third kappa shape index (κ3) is 2.51. The number of carbonyl (C=O) groups excluding carboxylic acids is 1. The van der Waals surface area contributed by atoms with Crippen molar-refractivity contribution in [3.05, 3.63) is 78.4 Å². The van der Waals surface area contributed by atoms with Crippen LogP contribution in [0.5, 0.6) is 0 Å². The third-order valence-corrected chi connectivity index (χ3v) is 3.76. The molecule has 3 rings (SSSR count). The normalized spacial score (nSPS) is 10.2. The molecule has 0 heterocycles. The molecule has 3 aromatic carbocycles. The van der Waals surface area contributed by atoms with E-state index in [4.69, 9.17) is 0 Å². The van der Waals surface area contributed by atoms with Crippen LogP contribution in [0, 0.1) is 0 Å². The van der Waals surface area contributed by atoms with Gasteiger partial charge in [0.05, 0.1) is 5.69 Å². The molecule has 0 atom stereocenters. The highest BCUT2D eigenvalue weighted by Gasteiger charge is 2.15. The molecule has 0 amide bonds. The molecule has 0 saturated carbocycles. The van der Waals surface area contributed by atoms with Crippen molar-refractivity contribution in [3.63, 3.8) is 0 Å². The van der Waals surface area contributed by atoms with Crippen LogP contribution < -0.4 is 5.32 Å². The van der Waals surface area contributed by atoms with Gasteiger partial charge in [0, 0.05) is 18.2 Å². The molecule has 0 aliphatic carbocycles. The Bertz CT molecular complexity index is 780. The summed E-state index contributed by atoms with van der Waals surface area (Å²) >= 11 is 0. The van der Waals surface area contributed by atoms with Gasteiger partial charge in [0.2, 0.25) is 0 Å². The number of rotatable bonds is 4. The Kier molecular flexibility index (Phi) is 4.01. The fraction of sp³-hybridized carbons (Fsp3) is 0.0500. The molecule has 1 N–H and O–H groups in total. The number of anilines is 1. The second-order valence-electron chi connectivity index (χ2n) is 5.05. The molecule has 22 heavy (non-hydrogen) atoms. The quantitative estimate of drug-likeness (QED) is 0.693. The van der Waals surface area contributed by atoms with Crippen molar-refractivity contribution in [2.45, 2.75) is 0 Å². The van der Waals surface area contributed by atoms with Gasteiger partial charge in [0.25, 0.3) is 0 Å². The molecule has 2 nitrogen and oxygen atoms in total. The summed E-state index contributed by atoms with van der Waals surface area (Å²) in [5, 5.41) is 3.19. The average Bonchev–Trinajstić information content (AvgIpc) is 2.61. The van der Waals surface area contributed by atoms with Crippen LogP contribution in [0.25, 0.3) is 22.3 Å². The molecule has 0 aromatic heterocycles.